The second-order valence-electron chi connectivity index (χ2n) is 3.70. The molecule has 0 aromatic heterocycles. The van der Waals surface area contributed by atoms with Crippen molar-refractivity contribution in [1.82, 2.24) is 0 Å². The molecule has 1 aromatic carbocycles. The van der Waals surface area contributed by atoms with Crippen molar-refractivity contribution in [3.8, 4) is 0 Å². The van der Waals surface area contributed by atoms with Crippen LogP contribution >= 0.6 is 0 Å². The van der Waals surface area contributed by atoms with E-state index in [0.29, 0.717) is 5.56 Å². The Labute approximate surface area is 99.8 Å². The SMILES string of the molecule is O=C1C=C(c2ccc3c(c2)C(=O)OC3=O)C(=O)O1. The van der Waals surface area contributed by atoms with Gasteiger partial charge in [-0.1, -0.05) is 6.07 Å². The van der Waals surface area contributed by atoms with Crippen LogP contribution in [0.3, 0.4) is 0 Å². The molecular formula is C12H4O6. The van der Waals surface area contributed by atoms with Gasteiger partial charge in [0.1, 0.15) is 0 Å². The molecule has 0 N–H and O–H groups in total. The highest BCUT2D eigenvalue weighted by Gasteiger charge is 2.32. The van der Waals surface area contributed by atoms with Crippen LogP contribution in [0.5, 0.6) is 0 Å². The minimum absolute atomic E-state index is 0.0509. The molecule has 0 aliphatic carbocycles. The van der Waals surface area contributed by atoms with Crippen molar-refractivity contribution in [2.75, 3.05) is 0 Å². The van der Waals surface area contributed by atoms with Crippen LogP contribution < -0.4 is 0 Å². The van der Waals surface area contributed by atoms with Crippen molar-refractivity contribution in [3.63, 3.8) is 0 Å². The van der Waals surface area contributed by atoms with E-state index in [1.165, 1.54) is 18.2 Å². The lowest BCUT2D eigenvalue weighted by Crippen LogP contribution is -2.02. The summed E-state index contributed by atoms with van der Waals surface area (Å²) in [6, 6.07) is 4.15. The molecule has 0 unspecified atom stereocenters. The van der Waals surface area contributed by atoms with Gasteiger partial charge in [-0.25, -0.2) is 19.2 Å². The van der Waals surface area contributed by atoms with E-state index in [4.69, 9.17) is 0 Å². The highest BCUT2D eigenvalue weighted by atomic mass is 16.6. The predicted octanol–water partition coefficient (Wildman–Crippen LogP) is 0.464. The fraction of sp³-hybridized carbons (Fsp3) is 0. The molecule has 3 rings (SSSR count). The Kier molecular flexibility index (Phi) is 1.94. The number of esters is 4. The lowest BCUT2D eigenvalue weighted by Gasteiger charge is -2.00. The van der Waals surface area contributed by atoms with E-state index in [1.807, 2.05) is 0 Å². The van der Waals surface area contributed by atoms with Crippen LogP contribution in [0.4, 0.5) is 0 Å². The van der Waals surface area contributed by atoms with Crippen molar-refractivity contribution >= 4 is 29.5 Å². The molecule has 0 fully saturated rings. The third-order valence-corrected chi connectivity index (χ3v) is 2.63. The molecule has 2 heterocycles. The molecule has 6 heteroatoms. The second kappa shape index (κ2) is 3.36. The molecule has 0 radical (unpaired) electrons. The van der Waals surface area contributed by atoms with Gasteiger partial charge >= 0.3 is 23.9 Å². The van der Waals surface area contributed by atoms with Crippen molar-refractivity contribution in [1.29, 1.82) is 0 Å². The Morgan fingerprint density at radius 1 is 0.778 bits per heavy atom. The summed E-state index contributed by atoms with van der Waals surface area (Å²) < 4.78 is 8.76. The number of benzene rings is 1. The first kappa shape index (κ1) is 10.4. The minimum atomic E-state index is -0.780. The standard InChI is InChI=1S/C12H4O6/c13-9-4-7(11(15)17-9)5-1-2-6-8(3-5)12(16)18-10(6)14/h1-4H. The first-order chi connectivity index (χ1) is 8.56. The Morgan fingerprint density at radius 3 is 2.17 bits per heavy atom. The van der Waals surface area contributed by atoms with Gasteiger partial charge in [0.15, 0.2) is 0 Å². The summed E-state index contributed by atoms with van der Waals surface area (Å²) in [4.78, 5) is 44.8. The third kappa shape index (κ3) is 1.36. The van der Waals surface area contributed by atoms with Crippen molar-refractivity contribution in [2.45, 2.75) is 0 Å². The molecule has 0 bridgehead atoms. The molecule has 0 saturated carbocycles. The topological polar surface area (TPSA) is 86.7 Å². The van der Waals surface area contributed by atoms with Crippen molar-refractivity contribution in [2.24, 2.45) is 0 Å². The van der Waals surface area contributed by atoms with E-state index in [2.05, 4.69) is 9.47 Å². The molecule has 2 aliphatic rings. The molecule has 6 nitrogen and oxygen atoms in total. The number of fused-ring (bicyclic) bond motifs is 1. The second-order valence-corrected chi connectivity index (χ2v) is 3.70. The summed E-state index contributed by atoms with van der Waals surface area (Å²) in [5.74, 6) is -3.03. The number of hydrogen-bond acceptors (Lipinski definition) is 6. The van der Waals surface area contributed by atoms with Gasteiger partial charge in [0.05, 0.1) is 16.7 Å². The zero-order chi connectivity index (χ0) is 12.9. The van der Waals surface area contributed by atoms with Crippen LogP contribution in [0.15, 0.2) is 24.3 Å². The van der Waals surface area contributed by atoms with E-state index in [-0.39, 0.29) is 16.7 Å². The zero-order valence-electron chi connectivity index (χ0n) is 8.76. The lowest BCUT2D eigenvalue weighted by molar-refractivity contribution is -0.149. The molecule has 1 aromatic rings. The molecule has 0 spiro atoms. The molecule has 0 atom stereocenters. The van der Waals surface area contributed by atoms with E-state index in [1.54, 1.807) is 0 Å². The van der Waals surface area contributed by atoms with Crippen LogP contribution in [-0.2, 0) is 19.1 Å². The first-order valence-electron chi connectivity index (χ1n) is 4.95. The van der Waals surface area contributed by atoms with Gasteiger partial charge in [-0.15, -0.1) is 0 Å². The van der Waals surface area contributed by atoms with Gasteiger partial charge in [0, 0.05) is 6.08 Å². The quantitative estimate of drug-likeness (QED) is 0.527. The largest absolute Gasteiger partial charge is 0.386 e. The van der Waals surface area contributed by atoms with Crippen LogP contribution in [0.25, 0.3) is 5.57 Å². The van der Waals surface area contributed by atoms with E-state index >= 15 is 0 Å². The predicted molar refractivity (Wildman–Crippen MR) is 55.3 cm³/mol. The number of carbonyl (C=O) groups is 4. The average Bonchev–Trinajstić information content (AvgIpc) is 2.80. The van der Waals surface area contributed by atoms with Gasteiger partial charge in [-0.05, 0) is 17.7 Å². The highest BCUT2D eigenvalue weighted by molar-refractivity contribution is 6.28. The number of ether oxygens (including phenoxy) is 2. The van der Waals surface area contributed by atoms with Crippen LogP contribution in [-0.4, -0.2) is 23.9 Å². The lowest BCUT2D eigenvalue weighted by atomic mass is 10.0. The normalized spacial score (nSPS) is 17.4. The summed E-state index contributed by atoms with van der Waals surface area (Å²) in [5.41, 5.74) is 0.596. The third-order valence-electron chi connectivity index (χ3n) is 2.63. The maximum Gasteiger partial charge on any atom is 0.346 e. The Hall–Kier alpha value is -2.76. The Morgan fingerprint density at radius 2 is 1.50 bits per heavy atom. The van der Waals surface area contributed by atoms with Gasteiger partial charge < -0.3 is 9.47 Å². The maximum atomic E-state index is 11.3. The van der Waals surface area contributed by atoms with Gasteiger partial charge in [0.25, 0.3) is 0 Å². The molecular weight excluding hydrogens is 240 g/mol. The van der Waals surface area contributed by atoms with E-state index in [9.17, 15) is 19.2 Å². The zero-order valence-corrected chi connectivity index (χ0v) is 8.76. The van der Waals surface area contributed by atoms with Gasteiger partial charge in [-0.2, -0.15) is 0 Å². The van der Waals surface area contributed by atoms with Gasteiger partial charge in [-0.3, -0.25) is 0 Å². The fourth-order valence-electron chi connectivity index (χ4n) is 1.81. The molecule has 88 valence electrons. The molecule has 0 amide bonds. The fourth-order valence-corrected chi connectivity index (χ4v) is 1.81. The van der Waals surface area contributed by atoms with Crippen molar-refractivity contribution in [3.05, 3.63) is 41.0 Å². The number of cyclic esters (lactones) is 4. The number of rotatable bonds is 1. The highest BCUT2D eigenvalue weighted by Crippen LogP contribution is 2.27. The van der Waals surface area contributed by atoms with E-state index < -0.39 is 23.9 Å². The summed E-state index contributed by atoms with van der Waals surface area (Å²) in [6.07, 6.45) is 1.03. The summed E-state index contributed by atoms with van der Waals surface area (Å²) in [6.45, 7) is 0. The Balaban J connectivity index is 2.12. The molecule has 0 saturated heterocycles. The van der Waals surface area contributed by atoms with Crippen LogP contribution in [0.2, 0.25) is 0 Å². The van der Waals surface area contributed by atoms with Crippen LogP contribution in [0.1, 0.15) is 26.3 Å². The minimum Gasteiger partial charge on any atom is -0.386 e. The molecule has 2 aliphatic heterocycles. The summed E-state index contributed by atoms with van der Waals surface area (Å²) in [5, 5.41) is 0. The monoisotopic (exact) mass is 244 g/mol. The van der Waals surface area contributed by atoms with Crippen LogP contribution in [0, 0.1) is 0 Å². The number of carbonyl (C=O) groups excluding carboxylic acids is 4. The smallest absolute Gasteiger partial charge is 0.346 e. The first-order valence-corrected chi connectivity index (χ1v) is 4.95. The van der Waals surface area contributed by atoms with E-state index in [0.717, 1.165) is 6.08 Å². The summed E-state index contributed by atoms with van der Waals surface area (Å²) in [7, 11) is 0. The Bertz CT molecular complexity index is 667. The average molecular weight is 244 g/mol. The molecule has 18 heavy (non-hydrogen) atoms. The van der Waals surface area contributed by atoms with Gasteiger partial charge in [0.2, 0.25) is 0 Å². The summed E-state index contributed by atoms with van der Waals surface area (Å²) >= 11 is 0. The number of hydrogen-bond donors (Lipinski definition) is 0. The van der Waals surface area contributed by atoms with Crippen molar-refractivity contribution < 1.29 is 28.7 Å². The maximum absolute atomic E-state index is 11.3.